The van der Waals surface area contributed by atoms with E-state index in [1.807, 2.05) is 19.1 Å². The van der Waals surface area contributed by atoms with Crippen molar-refractivity contribution in [3.63, 3.8) is 0 Å². The topological polar surface area (TPSA) is 41.5 Å². The molecule has 1 atom stereocenters. The van der Waals surface area contributed by atoms with Gasteiger partial charge >= 0.3 is 0 Å². The molecule has 0 bridgehead atoms. The molecular weight excluding hydrogens is 202 g/mol. The van der Waals surface area contributed by atoms with Crippen molar-refractivity contribution in [2.45, 2.75) is 26.3 Å². The molecule has 0 radical (unpaired) electrons. The van der Waals surface area contributed by atoms with Crippen molar-refractivity contribution in [1.29, 1.82) is 0 Å². The maximum atomic E-state index is 9.40. The number of aliphatic hydroxyl groups is 1. The monoisotopic (exact) mass is 223 g/mol. The lowest BCUT2D eigenvalue weighted by Crippen LogP contribution is -2.25. The fourth-order valence-electron chi connectivity index (χ4n) is 1.72. The summed E-state index contributed by atoms with van der Waals surface area (Å²) in [5.41, 5.74) is 2.20. The van der Waals surface area contributed by atoms with Crippen molar-refractivity contribution in [1.82, 2.24) is 5.32 Å². The molecule has 16 heavy (non-hydrogen) atoms. The molecule has 0 aliphatic carbocycles. The Morgan fingerprint density at radius 3 is 2.75 bits per heavy atom. The third kappa shape index (κ3) is 3.22. The van der Waals surface area contributed by atoms with E-state index < -0.39 is 0 Å². The van der Waals surface area contributed by atoms with Crippen LogP contribution in [-0.2, 0) is 0 Å². The van der Waals surface area contributed by atoms with E-state index >= 15 is 0 Å². The zero-order chi connectivity index (χ0) is 12.0. The lowest BCUT2D eigenvalue weighted by molar-refractivity contribution is 0.241. The van der Waals surface area contributed by atoms with Gasteiger partial charge in [-0.25, -0.2) is 0 Å². The molecule has 1 aromatic rings. The van der Waals surface area contributed by atoms with E-state index in [0.717, 1.165) is 24.3 Å². The number of methoxy groups -OCH3 is 1. The molecule has 1 unspecified atom stereocenters. The predicted molar refractivity (Wildman–Crippen MR) is 65.9 cm³/mol. The molecule has 0 saturated carbocycles. The minimum Gasteiger partial charge on any atom is -0.496 e. The van der Waals surface area contributed by atoms with Crippen LogP contribution in [0.5, 0.6) is 5.75 Å². The molecule has 1 aromatic carbocycles. The zero-order valence-corrected chi connectivity index (χ0v) is 10.3. The van der Waals surface area contributed by atoms with E-state index in [2.05, 4.69) is 18.3 Å². The Bertz CT molecular complexity index is 326. The minimum atomic E-state index is -0.0465. The number of hydrogen-bond acceptors (Lipinski definition) is 3. The number of aryl methyl sites for hydroxylation is 1. The molecule has 0 aromatic heterocycles. The molecule has 0 amide bonds. The Labute approximate surface area is 97.4 Å². The van der Waals surface area contributed by atoms with Gasteiger partial charge in [-0.2, -0.15) is 0 Å². The van der Waals surface area contributed by atoms with E-state index in [0.29, 0.717) is 0 Å². The van der Waals surface area contributed by atoms with Crippen LogP contribution in [0.3, 0.4) is 0 Å². The van der Waals surface area contributed by atoms with Gasteiger partial charge in [-0.1, -0.05) is 24.6 Å². The van der Waals surface area contributed by atoms with Crippen LogP contribution in [0.1, 0.15) is 30.5 Å². The van der Waals surface area contributed by atoms with Crippen molar-refractivity contribution in [2.75, 3.05) is 20.3 Å². The molecule has 0 spiro atoms. The smallest absolute Gasteiger partial charge is 0.123 e. The number of benzene rings is 1. The number of rotatable bonds is 6. The molecule has 0 fully saturated rings. The largest absolute Gasteiger partial charge is 0.496 e. The summed E-state index contributed by atoms with van der Waals surface area (Å²) in [5.74, 6) is 0.827. The third-order valence-corrected chi connectivity index (χ3v) is 2.58. The molecule has 2 N–H and O–H groups in total. The average molecular weight is 223 g/mol. The highest BCUT2D eigenvalue weighted by Gasteiger charge is 2.14. The summed E-state index contributed by atoms with van der Waals surface area (Å²) in [6, 6.07) is 5.97. The highest BCUT2D eigenvalue weighted by Crippen LogP contribution is 2.26. The molecule has 0 heterocycles. The van der Waals surface area contributed by atoms with Crippen LogP contribution in [0.4, 0.5) is 0 Å². The second-order valence-corrected chi connectivity index (χ2v) is 3.93. The Balaban J connectivity index is 2.92. The average Bonchev–Trinajstić information content (AvgIpc) is 2.30. The van der Waals surface area contributed by atoms with Gasteiger partial charge in [-0.3, -0.25) is 0 Å². The van der Waals surface area contributed by atoms with Crippen molar-refractivity contribution in [3.05, 3.63) is 29.3 Å². The van der Waals surface area contributed by atoms with Gasteiger partial charge in [-0.15, -0.1) is 0 Å². The Hall–Kier alpha value is -1.06. The molecule has 0 aliphatic rings. The van der Waals surface area contributed by atoms with Gasteiger partial charge in [0, 0.05) is 5.56 Å². The van der Waals surface area contributed by atoms with Crippen LogP contribution < -0.4 is 10.1 Å². The lowest BCUT2D eigenvalue weighted by Gasteiger charge is -2.19. The maximum Gasteiger partial charge on any atom is 0.123 e. The summed E-state index contributed by atoms with van der Waals surface area (Å²) in [7, 11) is 1.66. The van der Waals surface area contributed by atoms with Crippen LogP contribution in [-0.4, -0.2) is 25.4 Å². The first-order valence-corrected chi connectivity index (χ1v) is 5.71. The van der Waals surface area contributed by atoms with Gasteiger partial charge in [0.1, 0.15) is 5.75 Å². The Morgan fingerprint density at radius 1 is 1.44 bits per heavy atom. The summed E-state index contributed by atoms with van der Waals surface area (Å²) >= 11 is 0. The van der Waals surface area contributed by atoms with Gasteiger partial charge in [0.05, 0.1) is 19.8 Å². The van der Waals surface area contributed by atoms with Crippen molar-refractivity contribution < 1.29 is 9.84 Å². The standard InChI is InChI=1S/C13H21NO2/c1-4-7-14-12(9-15)11-8-10(2)5-6-13(11)16-3/h5-6,8,12,14-15H,4,7,9H2,1-3H3. The van der Waals surface area contributed by atoms with E-state index in [1.54, 1.807) is 7.11 Å². The minimum absolute atomic E-state index is 0.0465. The lowest BCUT2D eigenvalue weighted by atomic mass is 10.0. The summed E-state index contributed by atoms with van der Waals surface area (Å²) < 4.78 is 5.31. The quantitative estimate of drug-likeness (QED) is 0.775. The Kier molecular flexibility index (Phi) is 5.29. The maximum absolute atomic E-state index is 9.40. The summed E-state index contributed by atoms with van der Waals surface area (Å²) in [6.45, 7) is 5.12. The molecule has 90 valence electrons. The van der Waals surface area contributed by atoms with Crippen molar-refractivity contribution in [3.8, 4) is 5.75 Å². The van der Waals surface area contributed by atoms with Crippen molar-refractivity contribution >= 4 is 0 Å². The van der Waals surface area contributed by atoms with Gasteiger partial charge in [0.25, 0.3) is 0 Å². The van der Waals surface area contributed by atoms with Crippen LogP contribution in [0, 0.1) is 6.92 Å². The second-order valence-electron chi connectivity index (χ2n) is 3.93. The van der Waals surface area contributed by atoms with Gasteiger partial charge in [0.2, 0.25) is 0 Å². The first kappa shape index (κ1) is 13.0. The highest BCUT2D eigenvalue weighted by molar-refractivity contribution is 5.39. The number of aliphatic hydroxyl groups excluding tert-OH is 1. The van der Waals surface area contributed by atoms with Gasteiger partial charge in [0.15, 0.2) is 0 Å². The third-order valence-electron chi connectivity index (χ3n) is 2.58. The molecule has 1 rings (SSSR count). The molecule has 0 saturated heterocycles. The SMILES string of the molecule is CCCNC(CO)c1cc(C)ccc1OC. The van der Waals surface area contributed by atoms with E-state index in [-0.39, 0.29) is 12.6 Å². The number of hydrogen-bond donors (Lipinski definition) is 2. The van der Waals surface area contributed by atoms with E-state index in [9.17, 15) is 5.11 Å². The fourth-order valence-corrected chi connectivity index (χ4v) is 1.72. The summed E-state index contributed by atoms with van der Waals surface area (Å²) in [5, 5.41) is 12.7. The van der Waals surface area contributed by atoms with Crippen LogP contribution in [0.25, 0.3) is 0 Å². The predicted octanol–water partition coefficient (Wildman–Crippen LogP) is 2.04. The van der Waals surface area contributed by atoms with E-state index in [1.165, 1.54) is 5.56 Å². The van der Waals surface area contributed by atoms with E-state index in [4.69, 9.17) is 4.74 Å². The highest BCUT2D eigenvalue weighted by atomic mass is 16.5. The Morgan fingerprint density at radius 2 is 2.19 bits per heavy atom. The molecular formula is C13H21NO2. The van der Waals surface area contributed by atoms with Crippen LogP contribution in [0.2, 0.25) is 0 Å². The fraction of sp³-hybridized carbons (Fsp3) is 0.538. The molecule has 3 heteroatoms. The normalized spacial score (nSPS) is 12.5. The van der Waals surface area contributed by atoms with Crippen molar-refractivity contribution in [2.24, 2.45) is 0 Å². The summed E-state index contributed by atoms with van der Waals surface area (Å²) in [4.78, 5) is 0. The summed E-state index contributed by atoms with van der Waals surface area (Å²) in [6.07, 6.45) is 1.05. The van der Waals surface area contributed by atoms with Gasteiger partial charge in [-0.05, 0) is 26.0 Å². The number of nitrogens with one attached hydrogen (secondary N) is 1. The first-order valence-electron chi connectivity index (χ1n) is 5.71. The van der Waals surface area contributed by atoms with Crippen LogP contribution in [0.15, 0.2) is 18.2 Å². The van der Waals surface area contributed by atoms with Crippen LogP contribution >= 0.6 is 0 Å². The zero-order valence-electron chi connectivity index (χ0n) is 10.3. The van der Waals surface area contributed by atoms with Gasteiger partial charge < -0.3 is 15.2 Å². The number of ether oxygens (including phenoxy) is 1. The molecule has 0 aliphatic heterocycles. The molecule has 3 nitrogen and oxygen atoms in total. The first-order chi connectivity index (χ1) is 7.72. The second kappa shape index (κ2) is 6.51.